The molecule has 1 saturated heterocycles. The molecule has 0 saturated carbocycles. The number of nitrogens with one attached hydrogen (secondary N) is 2. The van der Waals surface area contributed by atoms with Crippen molar-refractivity contribution in [1.82, 2.24) is 15.8 Å². The molecule has 2 N–H and O–H groups in total. The molecule has 104 valence electrons. The zero-order valence-electron chi connectivity index (χ0n) is 10.6. The Morgan fingerprint density at radius 1 is 1.45 bits per heavy atom. The number of nitrogens with zero attached hydrogens (tertiary/aromatic N) is 1. The van der Waals surface area contributed by atoms with E-state index in [2.05, 4.69) is 15.8 Å². The summed E-state index contributed by atoms with van der Waals surface area (Å²) in [6.07, 6.45) is 2.97. The lowest BCUT2D eigenvalue weighted by Crippen LogP contribution is -2.50. The van der Waals surface area contributed by atoms with Gasteiger partial charge in [0.25, 0.3) is 5.91 Å². The van der Waals surface area contributed by atoms with Gasteiger partial charge in [0.2, 0.25) is 11.7 Å². The number of furan rings is 1. The summed E-state index contributed by atoms with van der Waals surface area (Å²) in [5, 5.41) is 9.03. The first-order valence-electron chi connectivity index (χ1n) is 6.33. The zero-order chi connectivity index (χ0) is 13.9. The highest BCUT2D eigenvalue weighted by Gasteiger charge is 2.25. The Morgan fingerprint density at radius 2 is 2.35 bits per heavy atom. The molecule has 0 spiro atoms. The van der Waals surface area contributed by atoms with Crippen molar-refractivity contribution in [2.24, 2.45) is 0 Å². The molecule has 7 nitrogen and oxygen atoms in total. The van der Waals surface area contributed by atoms with Gasteiger partial charge < -0.3 is 19.6 Å². The van der Waals surface area contributed by atoms with Crippen molar-refractivity contribution in [3.63, 3.8) is 0 Å². The van der Waals surface area contributed by atoms with E-state index in [4.69, 9.17) is 8.94 Å². The monoisotopic (exact) mass is 275 g/mol. The molecule has 1 atom stereocenters. The van der Waals surface area contributed by atoms with Crippen LogP contribution >= 0.6 is 0 Å². The molecular weight excluding hydrogens is 262 g/mol. The van der Waals surface area contributed by atoms with Crippen LogP contribution in [0.5, 0.6) is 0 Å². The van der Waals surface area contributed by atoms with Crippen LogP contribution in [0.3, 0.4) is 0 Å². The molecule has 2 aromatic heterocycles. The van der Waals surface area contributed by atoms with Gasteiger partial charge in [0.15, 0.2) is 11.5 Å². The summed E-state index contributed by atoms with van der Waals surface area (Å²) in [6.45, 7) is 0.651. The summed E-state index contributed by atoms with van der Waals surface area (Å²) in [5.74, 6) is 0.258. The number of carbonyl (C=O) groups excluding carboxylic acids is 2. The number of amides is 2. The molecule has 0 unspecified atom stereocenters. The first-order valence-corrected chi connectivity index (χ1v) is 6.33. The van der Waals surface area contributed by atoms with Gasteiger partial charge in [-0.3, -0.25) is 9.59 Å². The van der Waals surface area contributed by atoms with Crippen LogP contribution in [0.1, 0.15) is 23.3 Å². The van der Waals surface area contributed by atoms with Crippen molar-refractivity contribution in [2.75, 3.05) is 6.54 Å². The molecule has 0 aromatic carbocycles. The maximum atomic E-state index is 12.0. The van der Waals surface area contributed by atoms with E-state index in [-0.39, 0.29) is 11.6 Å². The molecule has 0 bridgehead atoms. The normalized spacial score (nSPS) is 18.6. The van der Waals surface area contributed by atoms with Gasteiger partial charge in [-0.15, -0.1) is 0 Å². The van der Waals surface area contributed by atoms with E-state index in [1.54, 1.807) is 12.1 Å². The lowest BCUT2D eigenvalue weighted by Gasteiger charge is -2.22. The molecule has 0 aliphatic carbocycles. The summed E-state index contributed by atoms with van der Waals surface area (Å²) >= 11 is 0. The lowest BCUT2D eigenvalue weighted by atomic mass is 10.1. The predicted molar refractivity (Wildman–Crippen MR) is 67.7 cm³/mol. The quantitative estimate of drug-likeness (QED) is 0.869. The third kappa shape index (κ3) is 2.42. The Balaban J connectivity index is 1.70. The lowest BCUT2D eigenvalue weighted by molar-refractivity contribution is -0.124. The largest absolute Gasteiger partial charge is 0.461 e. The number of carbonyl (C=O) groups is 2. The maximum absolute atomic E-state index is 12.0. The summed E-state index contributed by atoms with van der Waals surface area (Å²) in [7, 11) is 0. The molecule has 2 aromatic rings. The molecule has 1 aliphatic rings. The standard InChI is InChI=1S/C13H13N3O4/c17-12-8(3-1-5-14-12)15-13(18)9-7-11(20-16-9)10-4-2-6-19-10/h2,4,6-8H,1,3,5H2,(H,14,17)(H,15,18)/t8-/m1/s1. The molecular formula is C13H13N3O4. The summed E-state index contributed by atoms with van der Waals surface area (Å²) in [4.78, 5) is 23.6. The first kappa shape index (κ1) is 12.5. The van der Waals surface area contributed by atoms with Gasteiger partial charge in [0, 0.05) is 12.6 Å². The van der Waals surface area contributed by atoms with Gasteiger partial charge in [-0.2, -0.15) is 0 Å². The molecule has 20 heavy (non-hydrogen) atoms. The SMILES string of the molecule is O=C(N[C@@H]1CCCNC1=O)c1cc(-c2ccco2)on1. The molecule has 0 radical (unpaired) electrons. The minimum absolute atomic E-state index is 0.120. The Morgan fingerprint density at radius 3 is 3.10 bits per heavy atom. The Bertz CT molecular complexity index is 617. The van der Waals surface area contributed by atoms with E-state index in [1.165, 1.54) is 12.3 Å². The minimum Gasteiger partial charge on any atom is -0.461 e. The van der Waals surface area contributed by atoms with Crippen LogP contribution in [-0.4, -0.2) is 29.6 Å². The number of rotatable bonds is 3. The predicted octanol–water partition coefficient (Wildman–Crippen LogP) is 0.943. The summed E-state index contributed by atoms with van der Waals surface area (Å²) in [6, 6.07) is 4.38. The number of piperidine rings is 1. The summed E-state index contributed by atoms with van der Waals surface area (Å²) in [5.41, 5.74) is 0.120. The fourth-order valence-corrected chi connectivity index (χ4v) is 2.06. The topological polar surface area (TPSA) is 97.4 Å². The van der Waals surface area contributed by atoms with Crippen molar-refractivity contribution in [3.8, 4) is 11.5 Å². The van der Waals surface area contributed by atoms with Crippen LogP contribution < -0.4 is 10.6 Å². The minimum atomic E-state index is -0.514. The van der Waals surface area contributed by atoms with Crippen molar-refractivity contribution in [3.05, 3.63) is 30.2 Å². The van der Waals surface area contributed by atoms with Crippen LogP contribution in [-0.2, 0) is 4.79 Å². The fraction of sp³-hybridized carbons (Fsp3) is 0.308. The maximum Gasteiger partial charge on any atom is 0.274 e. The van der Waals surface area contributed by atoms with E-state index in [1.807, 2.05) is 0 Å². The Labute approximate surface area is 114 Å². The number of aromatic nitrogens is 1. The highest BCUT2D eigenvalue weighted by Crippen LogP contribution is 2.20. The highest BCUT2D eigenvalue weighted by atomic mass is 16.5. The molecule has 1 aliphatic heterocycles. The van der Waals surface area contributed by atoms with Crippen LogP contribution in [0.4, 0.5) is 0 Å². The van der Waals surface area contributed by atoms with Crippen LogP contribution in [0, 0.1) is 0 Å². The van der Waals surface area contributed by atoms with Gasteiger partial charge in [-0.05, 0) is 25.0 Å². The molecule has 1 fully saturated rings. The number of hydrogen-bond donors (Lipinski definition) is 2. The molecule has 3 rings (SSSR count). The average molecular weight is 275 g/mol. The van der Waals surface area contributed by atoms with Crippen molar-refractivity contribution < 1.29 is 18.5 Å². The van der Waals surface area contributed by atoms with Gasteiger partial charge in [0.1, 0.15) is 6.04 Å². The summed E-state index contributed by atoms with van der Waals surface area (Å²) < 4.78 is 10.2. The molecule has 3 heterocycles. The van der Waals surface area contributed by atoms with Gasteiger partial charge in [-0.1, -0.05) is 5.16 Å². The van der Waals surface area contributed by atoms with Crippen molar-refractivity contribution in [2.45, 2.75) is 18.9 Å². The van der Waals surface area contributed by atoms with E-state index >= 15 is 0 Å². The van der Waals surface area contributed by atoms with E-state index in [9.17, 15) is 9.59 Å². The van der Waals surface area contributed by atoms with Crippen LogP contribution in [0.25, 0.3) is 11.5 Å². The smallest absolute Gasteiger partial charge is 0.274 e. The second-order valence-electron chi connectivity index (χ2n) is 4.51. The van der Waals surface area contributed by atoms with Gasteiger partial charge in [0.05, 0.1) is 6.26 Å². The molecule has 7 heteroatoms. The second kappa shape index (κ2) is 5.20. The van der Waals surface area contributed by atoms with Gasteiger partial charge in [-0.25, -0.2) is 0 Å². The Kier molecular flexibility index (Phi) is 3.24. The number of hydrogen-bond acceptors (Lipinski definition) is 5. The van der Waals surface area contributed by atoms with Crippen molar-refractivity contribution >= 4 is 11.8 Å². The van der Waals surface area contributed by atoms with E-state index in [0.29, 0.717) is 24.5 Å². The van der Waals surface area contributed by atoms with Crippen LogP contribution in [0.15, 0.2) is 33.4 Å². The van der Waals surface area contributed by atoms with Crippen LogP contribution in [0.2, 0.25) is 0 Å². The second-order valence-corrected chi connectivity index (χ2v) is 4.51. The van der Waals surface area contributed by atoms with E-state index < -0.39 is 11.9 Å². The average Bonchev–Trinajstić information content (AvgIpc) is 3.11. The third-order valence-electron chi connectivity index (χ3n) is 3.10. The molecule has 2 amide bonds. The first-order chi connectivity index (χ1) is 9.74. The van der Waals surface area contributed by atoms with Crippen molar-refractivity contribution in [1.29, 1.82) is 0 Å². The fourth-order valence-electron chi connectivity index (χ4n) is 2.06. The highest BCUT2D eigenvalue weighted by molar-refractivity contribution is 5.96. The zero-order valence-corrected chi connectivity index (χ0v) is 10.6. The Hall–Kier alpha value is -2.57. The van der Waals surface area contributed by atoms with E-state index in [0.717, 1.165) is 6.42 Å². The third-order valence-corrected chi connectivity index (χ3v) is 3.10. The van der Waals surface area contributed by atoms with Gasteiger partial charge >= 0.3 is 0 Å².